The van der Waals surface area contributed by atoms with Crippen molar-refractivity contribution in [3.8, 4) is 0 Å². The van der Waals surface area contributed by atoms with Gasteiger partial charge in [-0.15, -0.1) is 0 Å². The van der Waals surface area contributed by atoms with Crippen LogP contribution in [0.25, 0.3) is 0 Å². The van der Waals surface area contributed by atoms with Crippen LogP contribution in [0.4, 0.5) is 0 Å². The second-order valence-electron chi connectivity index (χ2n) is 3.86. The molecule has 0 aliphatic rings. The molecule has 2 aromatic carbocycles. The van der Waals surface area contributed by atoms with Gasteiger partial charge in [0.25, 0.3) is 0 Å². The molecule has 0 saturated carbocycles. The number of hydrogen-bond acceptors (Lipinski definition) is 0. The van der Waals surface area contributed by atoms with Crippen LogP contribution >= 0.6 is 0 Å². The molecule has 0 fully saturated rings. The van der Waals surface area contributed by atoms with E-state index in [0.29, 0.717) is 0 Å². The Hall–Kier alpha value is -0.298. The molecule has 0 radical (unpaired) electrons. The average Bonchev–Trinajstić information content (AvgIpc) is 2.24. The van der Waals surface area contributed by atoms with Gasteiger partial charge in [0.1, 0.15) is 0 Å². The predicted molar refractivity (Wildman–Crippen MR) is 67.4 cm³/mol. The standard InChI is InChI=1S/2C7H7.Al.HI/c2*1-7-5-3-2-4-6-7;;/h2*2-5H,1H3;;1H/q;;+1;/p-1. The first-order valence-corrected chi connectivity index (χ1v) is 6.39. The van der Waals surface area contributed by atoms with Crippen molar-refractivity contribution < 1.29 is 24.0 Å². The zero-order valence-corrected chi connectivity index (χ0v) is 12.9. The fraction of sp³-hybridized carbons (Fsp3) is 0.143. The number of rotatable bonds is 2. The van der Waals surface area contributed by atoms with Crippen molar-refractivity contribution in [2.24, 2.45) is 0 Å². The Morgan fingerprint density at radius 2 is 1.06 bits per heavy atom. The molecule has 0 spiro atoms. The summed E-state index contributed by atoms with van der Waals surface area (Å²) >= 11 is 0.241. The zero-order chi connectivity index (χ0) is 10.7. The van der Waals surface area contributed by atoms with Crippen LogP contribution in [0, 0.1) is 13.8 Å². The minimum atomic E-state index is 0. The Bertz CT molecular complexity index is 422. The summed E-state index contributed by atoms with van der Waals surface area (Å²) in [4.78, 5) is 0. The van der Waals surface area contributed by atoms with E-state index >= 15 is 0 Å². The van der Waals surface area contributed by atoms with Crippen LogP contribution in [0.3, 0.4) is 0 Å². The molecule has 0 aromatic heterocycles. The number of aryl methyl sites for hydroxylation is 2. The quantitative estimate of drug-likeness (QED) is 0.486. The number of hydrogen-bond donors (Lipinski definition) is 0. The average molecular weight is 336 g/mol. The third-order valence-electron chi connectivity index (χ3n) is 2.69. The molecule has 0 atom stereocenters. The molecule has 0 amide bonds. The first kappa shape index (κ1) is 13.8. The van der Waals surface area contributed by atoms with Crippen molar-refractivity contribution in [3.05, 3.63) is 59.7 Å². The van der Waals surface area contributed by atoms with Crippen LogP contribution in [-0.4, -0.2) is 15.2 Å². The van der Waals surface area contributed by atoms with Crippen LogP contribution in [0.2, 0.25) is 0 Å². The van der Waals surface area contributed by atoms with Gasteiger partial charge in [0.15, 0.2) is 0 Å². The van der Waals surface area contributed by atoms with Crippen molar-refractivity contribution in [1.82, 2.24) is 0 Å². The van der Waals surface area contributed by atoms with Gasteiger partial charge in [0.2, 0.25) is 0 Å². The maximum Gasteiger partial charge on any atom is -1.00 e. The Kier molecular flexibility index (Phi) is 5.54. The molecule has 0 heterocycles. The molecular formula is C14H14AlI. The van der Waals surface area contributed by atoms with Crippen LogP contribution in [-0.2, 0) is 0 Å². The van der Waals surface area contributed by atoms with Crippen molar-refractivity contribution in [2.75, 3.05) is 0 Å². The monoisotopic (exact) mass is 336 g/mol. The van der Waals surface area contributed by atoms with E-state index in [0.717, 1.165) is 0 Å². The Labute approximate surface area is 121 Å². The summed E-state index contributed by atoms with van der Waals surface area (Å²) in [6.07, 6.45) is 0. The Morgan fingerprint density at radius 3 is 1.44 bits per heavy atom. The van der Waals surface area contributed by atoms with Crippen molar-refractivity contribution >= 4 is 24.1 Å². The molecule has 16 heavy (non-hydrogen) atoms. The first-order valence-electron chi connectivity index (χ1n) is 5.23. The van der Waals surface area contributed by atoms with Crippen molar-refractivity contribution in [3.63, 3.8) is 0 Å². The van der Waals surface area contributed by atoms with E-state index in [1.807, 2.05) is 0 Å². The molecule has 0 bridgehead atoms. The van der Waals surface area contributed by atoms with Gasteiger partial charge in [-0.05, 0) is 0 Å². The van der Waals surface area contributed by atoms with Gasteiger partial charge >= 0.3 is 97.6 Å². The maximum atomic E-state index is 2.25. The van der Waals surface area contributed by atoms with Gasteiger partial charge in [-0.1, -0.05) is 0 Å². The summed E-state index contributed by atoms with van der Waals surface area (Å²) < 4.78 is 3.01. The van der Waals surface area contributed by atoms with Crippen LogP contribution in [0.5, 0.6) is 0 Å². The van der Waals surface area contributed by atoms with Gasteiger partial charge in [0, 0.05) is 0 Å². The second kappa shape index (κ2) is 6.44. The molecule has 0 nitrogen and oxygen atoms in total. The van der Waals surface area contributed by atoms with Gasteiger partial charge in [-0.25, -0.2) is 0 Å². The minimum absolute atomic E-state index is 0. The summed E-state index contributed by atoms with van der Waals surface area (Å²) in [5, 5.41) is 0. The fourth-order valence-electron chi connectivity index (χ4n) is 1.67. The molecule has 0 saturated heterocycles. The van der Waals surface area contributed by atoms with Crippen molar-refractivity contribution in [1.29, 1.82) is 0 Å². The predicted octanol–water partition coefficient (Wildman–Crippen LogP) is -1.04. The van der Waals surface area contributed by atoms with Crippen molar-refractivity contribution in [2.45, 2.75) is 13.8 Å². The van der Waals surface area contributed by atoms with E-state index in [2.05, 4.69) is 62.4 Å². The van der Waals surface area contributed by atoms with E-state index in [1.54, 1.807) is 0 Å². The Morgan fingerprint density at radius 1 is 0.688 bits per heavy atom. The second-order valence-corrected chi connectivity index (χ2v) is 5.39. The van der Waals surface area contributed by atoms with Gasteiger partial charge < -0.3 is 24.0 Å². The van der Waals surface area contributed by atoms with Gasteiger partial charge in [0.05, 0.1) is 0 Å². The summed E-state index contributed by atoms with van der Waals surface area (Å²) in [7, 11) is 0. The smallest absolute Gasteiger partial charge is 1.00 e. The van der Waals surface area contributed by atoms with Gasteiger partial charge in [-0.2, -0.15) is 0 Å². The molecule has 2 aromatic rings. The van der Waals surface area contributed by atoms with E-state index < -0.39 is 0 Å². The summed E-state index contributed by atoms with van der Waals surface area (Å²) in [5.74, 6) is 0. The third-order valence-corrected chi connectivity index (χ3v) is 4.61. The fourth-order valence-corrected chi connectivity index (χ4v) is 3.06. The molecule has 0 aliphatic heterocycles. The summed E-state index contributed by atoms with van der Waals surface area (Å²) in [5.41, 5.74) is 2.83. The molecule has 2 heteroatoms. The molecule has 80 valence electrons. The molecule has 0 aliphatic carbocycles. The molecule has 0 N–H and O–H groups in total. The number of benzene rings is 2. The van der Waals surface area contributed by atoms with Crippen LogP contribution in [0.1, 0.15) is 11.1 Å². The Balaban J connectivity index is 0.00000128. The van der Waals surface area contributed by atoms with E-state index in [9.17, 15) is 0 Å². The first-order chi connectivity index (χ1) is 7.27. The SMILES string of the molecule is Cc1cccc[c]1[Al+][c]1ccccc1C.[I-]. The van der Waals surface area contributed by atoms with E-state index in [4.69, 9.17) is 0 Å². The van der Waals surface area contributed by atoms with E-state index in [1.165, 1.54) is 20.0 Å². The van der Waals surface area contributed by atoms with Gasteiger partial charge in [-0.3, -0.25) is 0 Å². The van der Waals surface area contributed by atoms with Crippen LogP contribution < -0.4 is 32.8 Å². The summed E-state index contributed by atoms with van der Waals surface area (Å²) in [6, 6.07) is 17.4. The largest absolute Gasteiger partial charge is 1.00 e. The molecule has 0 unspecified atom stereocenters. The van der Waals surface area contributed by atoms with Crippen LogP contribution in [0.15, 0.2) is 48.5 Å². The molecule has 2 rings (SSSR count). The number of halogens is 1. The van der Waals surface area contributed by atoms with E-state index in [-0.39, 0.29) is 39.2 Å². The normalized spacial score (nSPS) is 9.12. The molecular weight excluding hydrogens is 322 g/mol. The zero-order valence-electron chi connectivity index (χ0n) is 9.57. The minimum Gasteiger partial charge on any atom is -1.00 e. The third kappa shape index (κ3) is 3.35. The summed E-state index contributed by atoms with van der Waals surface area (Å²) in [6.45, 7) is 4.39. The maximum absolute atomic E-state index is 2.25. The topological polar surface area (TPSA) is 0 Å².